The summed E-state index contributed by atoms with van der Waals surface area (Å²) in [6.45, 7) is 3.78. The highest BCUT2D eigenvalue weighted by atomic mass is 16.2. The van der Waals surface area contributed by atoms with Crippen LogP contribution in [0.4, 0.5) is 0 Å². The first-order chi connectivity index (χ1) is 10.7. The molecule has 0 spiro atoms. The summed E-state index contributed by atoms with van der Waals surface area (Å²) in [6.07, 6.45) is 1.30. The highest BCUT2D eigenvalue weighted by Crippen LogP contribution is 2.10. The quantitative estimate of drug-likeness (QED) is 0.854. The van der Waals surface area contributed by atoms with Gasteiger partial charge in [-0.3, -0.25) is 4.79 Å². The number of carbonyl (C=O) groups is 1. The molecular formula is C19H24N2O. The molecule has 0 radical (unpaired) electrons. The largest absolute Gasteiger partial charge is 0.337 e. The lowest BCUT2D eigenvalue weighted by molar-refractivity contribution is -0.131. The molecule has 0 fully saturated rings. The van der Waals surface area contributed by atoms with Gasteiger partial charge in [-0.05, 0) is 24.5 Å². The maximum absolute atomic E-state index is 12.4. The van der Waals surface area contributed by atoms with Crippen LogP contribution in [-0.4, -0.2) is 23.9 Å². The molecule has 0 unspecified atom stereocenters. The van der Waals surface area contributed by atoms with Crippen molar-refractivity contribution < 1.29 is 4.79 Å². The van der Waals surface area contributed by atoms with Crippen molar-refractivity contribution in [3.63, 3.8) is 0 Å². The van der Waals surface area contributed by atoms with Crippen LogP contribution in [0, 0.1) is 6.92 Å². The molecular weight excluding hydrogens is 272 g/mol. The van der Waals surface area contributed by atoms with Crippen LogP contribution in [0.5, 0.6) is 0 Å². The zero-order valence-electron chi connectivity index (χ0n) is 13.2. The number of aryl methyl sites for hydroxylation is 2. The fourth-order valence-corrected chi connectivity index (χ4v) is 2.42. The van der Waals surface area contributed by atoms with Crippen LogP contribution in [0.2, 0.25) is 0 Å². The summed E-state index contributed by atoms with van der Waals surface area (Å²) in [7, 11) is 0. The molecule has 0 aliphatic rings. The van der Waals surface area contributed by atoms with Crippen LogP contribution in [-0.2, 0) is 17.8 Å². The van der Waals surface area contributed by atoms with Gasteiger partial charge in [0.2, 0.25) is 5.91 Å². The molecule has 2 aromatic carbocycles. The zero-order chi connectivity index (χ0) is 15.8. The first-order valence-electron chi connectivity index (χ1n) is 7.76. The number of benzene rings is 2. The van der Waals surface area contributed by atoms with Gasteiger partial charge in [-0.2, -0.15) is 0 Å². The Hall–Kier alpha value is -2.13. The molecule has 2 aromatic rings. The first kappa shape index (κ1) is 16.2. The van der Waals surface area contributed by atoms with E-state index in [1.807, 2.05) is 35.2 Å². The van der Waals surface area contributed by atoms with E-state index < -0.39 is 0 Å². The van der Waals surface area contributed by atoms with Gasteiger partial charge in [-0.15, -0.1) is 0 Å². The fraction of sp³-hybridized carbons (Fsp3) is 0.316. The standard InChI is InChI=1S/C19H24N2O/c1-16-7-9-17(10-8-16)11-12-19(22)21(14-13-20)15-18-5-3-2-4-6-18/h2-10H,11-15,20H2,1H3. The van der Waals surface area contributed by atoms with E-state index in [1.54, 1.807) is 0 Å². The van der Waals surface area contributed by atoms with Gasteiger partial charge in [0.15, 0.2) is 0 Å². The number of hydrogen-bond donors (Lipinski definition) is 1. The summed E-state index contributed by atoms with van der Waals surface area (Å²) in [6, 6.07) is 18.4. The molecule has 2 N–H and O–H groups in total. The number of nitrogens with two attached hydrogens (primary N) is 1. The minimum atomic E-state index is 0.162. The van der Waals surface area contributed by atoms with E-state index >= 15 is 0 Å². The normalized spacial score (nSPS) is 10.5. The second kappa shape index (κ2) is 8.35. The monoisotopic (exact) mass is 296 g/mol. The number of rotatable bonds is 7. The van der Waals surface area contributed by atoms with Crippen molar-refractivity contribution in [2.45, 2.75) is 26.3 Å². The lowest BCUT2D eigenvalue weighted by Crippen LogP contribution is -2.35. The number of amides is 1. The van der Waals surface area contributed by atoms with Crippen molar-refractivity contribution in [3.8, 4) is 0 Å². The minimum absolute atomic E-state index is 0.162. The molecule has 1 amide bonds. The average molecular weight is 296 g/mol. The maximum Gasteiger partial charge on any atom is 0.223 e. The van der Waals surface area contributed by atoms with Crippen molar-refractivity contribution in [3.05, 3.63) is 71.3 Å². The first-order valence-corrected chi connectivity index (χ1v) is 7.76. The van der Waals surface area contributed by atoms with Crippen LogP contribution in [0.1, 0.15) is 23.1 Å². The molecule has 0 bridgehead atoms. The van der Waals surface area contributed by atoms with E-state index in [-0.39, 0.29) is 5.91 Å². The summed E-state index contributed by atoms with van der Waals surface area (Å²) >= 11 is 0. The molecule has 0 saturated heterocycles. The molecule has 0 aliphatic carbocycles. The molecule has 22 heavy (non-hydrogen) atoms. The Bertz CT molecular complexity index is 578. The molecule has 2 rings (SSSR count). The molecule has 3 heteroatoms. The molecule has 0 aromatic heterocycles. The van der Waals surface area contributed by atoms with Crippen LogP contribution in [0.25, 0.3) is 0 Å². The minimum Gasteiger partial charge on any atom is -0.337 e. The number of hydrogen-bond acceptors (Lipinski definition) is 2. The summed E-state index contributed by atoms with van der Waals surface area (Å²) < 4.78 is 0. The van der Waals surface area contributed by atoms with Gasteiger partial charge in [-0.1, -0.05) is 60.2 Å². The summed E-state index contributed by atoms with van der Waals surface area (Å²) in [5, 5.41) is 0. The second-order valence-corrected chi connectivity index (χ2v) is 5.58. The average Bonchev–Trinajstić information content (AvgIpc) is 2.54. The van der Waals surface area contributed by atoms with E-state index in [0.29, 0.717) is 26.1 Å². The Balaban J connectivity index is 1.93. The topological polar surface area (TPSA) is 46.3 Å². The van der Waals surface area contributed by atoms with Crippen LogP contribution in [0.15, 0.2) is 54.6 Å². The molecule has 0 heterocycles. The van der Waals surface area contributed by atoms with Crippen molar-refractivity contribution in [2.75, 3.05) is 13.1 Å². The smallest absolute Gasteiger partial charge is 0.223 e. The Morgan fingerprint density at radius 1 is 1.00 bits per heavy atom. The lowest BCUT2D eigenvalue weighted by atomic mass is 10.1. The SMILES string of the molecule is Cc1ccc(CCC(=O)N(CCN)Cc2ccccc2)cc1. The Morgan fingerprint density at radius 3 is 2.32 bits per heavy atom. The Morgan fingerprint density at radius 2 is 1.68 bits per heavy atom. The van der Waals surface area contributed by atoms with E-state index in [0.717, 1.165) is 12.0 Å². The highest BCUT2D eigenvalue weighted by molar-refractivity contribution is 5.76. The fourth-order valence-electron chi connectivity index (χ4n) is 2.42. The van der Waals surface area contributed by atoms with Crippen molar-refractivity contribution in [1.82, 2.24) is 4.90 Å². The third kappa shape index (κ3) is 5.01. The third-order valence-corrected chi connectivity index (χ3v) is 3.72. The predicted octanol–water partition coefficient (Wildman–Crippen LogP) is 2.92. The molecule has 3 nitrogen and oxygen atoms in total. The second-order valence-electron chi connectivity index (χ2n) is 5.58. The van der Waals surface area contributed by atoms with Crippen molar-refractivity contribution in [2.24, 2.45) is 5.73 Å². The third-order valence-electron chi connectivity index (χ3n) is 3.72. The van der Waals surface area contributed by atoms with Gasteiger partial charge in [0.1, 0.15) is 0 Å². The van der Waals surface area contributed by atoms with Gasteiger partial charge in [-0.25, -0.2) is 0 Å². The van der Waals surface area contributed by atoms with Crippen LogP contribution in [0.3, 0.4) is 0 Å². The van der Waals surface area contributed by atoms with Gasteiger partial charge >= 0.3 is 0 Å². The summed E-state index contributed by atoms with van der Waals surface area (Å²) in [5.41, 5.74) is 9.23. The predicted molar refractivity (Wildman–Crippen MR) is 90.4 cm³/mol. The van der Waals surface area contributed by atoms with Gasteiger partial charge < -0.3 is 10.6 Å². The summed E-state index contributed by atoms with van der Waals surface area (Å²) in [4.78, 5) is 14.3. The molecule has 0 atom stereocenters. The van der Waals surface area contributed by atoms with Crippen LogP contribution >= 0.6 is 0 Å². The van der Waals surface area contributed by atoms with Crippen LogP contribution < -0.4 is 5.73 Å². The van der Waals surface area contributed by atoms with E-state index in [9.17, 15) is 4.79 Å². The highest BCUT2D eigenvalue weighted by Gasteiger charge is 2.13. The van der Waals surface area contributed by atoms with Gasteiger partial charge in [0, 0.05) is 26.1 Å². The molecule has 0 saturated carbocycles. The molecule has 116 valence electrons. The Kier molecular flexibility index (Phi) is 6.16. The van der Waals surface area contributed by atoms with Gasteiger partial charge in [0.05, 0.1) is 0 Å². The lowest BCUT2D eigenvalue weighted by Gasteiger charge is -2.22. The van der Waals surface area contributed by atoms with E-state index in [1.165, 1.54) is 11.1 Å². The number of carbonyl (C=O) groups excluding carboxylic acids is 1. The zero-order valence-corrected chi connectivity index (χ0v) is 13.2. The van der Waals surface area contributed by atoms with Gasteiger partial charge in [0.25, 0.3) is 0 Å². The summed E-state index contributed by atoms with van der Waals surface area (Å²) in [5.74, 6) is 0.162. The number of nitrogens with zero attached hydrogens (tertiary/aromatic N) is 1. The maximum atomic E-state index is 12.4. The Labute approximate surface area is 132 Å². The molecule has 0 aliphatic heterocycles. The van der Waals surface area contributed by atoms with E-state index in [4.69, 9.17) is 5.73 Å². The van der Waals surface area contributed by atoms with E-state index in [2.05, 4.69) is 31.2 Å². The van der Waals surface area contributed by atoms with Crippen molar-refractivity contribution in [1.29, 1.82) is 0 Å². The van der Waals surface area contributed by atoms with Crippen molar-refractivity contribution >= 4 is 5.91 Å².